The summed E-state index contributed by atoms with van der Waals surface area (Å²) in [5.41, 5.74) is 1.76. The first-order valence-corrected chi connectivity index (χ1v) is 6.39. The van der Waals surface area contributed by atoms with Gasteiger partial charge in [-0.3, -0.25) is 9.79 Å². The van der Waals surface area contributed by atoms with Gasteiger partial charge in [0.2, 0.25) is 5.91 Å². The molecule has 1 aromatic rings. The second-order valence-corrected chi connectivity index (χ2v) is 4.56. The van der Waals surface area contributed by atoms with Gasteiger partial charge >= 0.3 is 0 Å². The van der Waals surface area contributed by atoms with Crippen molar-refractivity contribution in [3.05, 3.63) is 35.9 Å². The Kier molecular flexibility index (Phi) is 5.77. The van der Waals surface area contributed by atoms with Gasteiger partial charge in [0.25, 0.3) is 0 Å². The van der Waals surface area contributed by atoms with E-state index >= 15 is 0 Å². The topological polar surface area (TPSA) is 81.9 Å². The predicted octanol–water partition coefficient (Wildman–Crippen LogP) is 1.99. The Balaban J connectivity index is 2.46. The molecule has 0 unspecified atom stereocenters. The van der Waals surface area contributed by atoms with Gasteiger partial charge < -0.3 is 15.5 Å². The van der Waals surface area contributed by atoms with E-state index in [4.69, 9.17) is 0 Å². The van der Waals surface area contributed by atoms with E-state index in [-0.39, 0.29) is 17.4 Å². The summed E-state index contributed by atoms with van der Waals surface area (Å²) in [5.74, 6) is -0.134. The molecule has 0 aliphatic carbocycles. The molecule has 108 valence electrons. The van der Waals surface area contributed by atoms with Crippen LogP contribution in [-0.4, -0.2) is 34.9 Å². The number of phenols is 2. The van der Waals surface area contributed by atoms with Crippen LogP contribution in [0.1, 0.15) is 25.8 Å². The molecule has 0 radical (unpaired) electrons. The van der Waals surface area contributed by atoms with Crippen LogP contribution >= 0.6 is 0 Å². The summed E-state index contributed by atoms with van der Waals surface area (Å²) in [6.45, 7) is 8.08. The zero-order valence-electron chi connectivity index (χ0n) is 11.8. The van der Waals surface area contributed by atoms with Crippen molar-refractivity contribution in [1.29, 1.82) is 0 Å². The predicted molar refractivity (Wildman–Crippen MR) is 79.3 cm³/mol. The highest BCUT2D eigenvalue weighted by Crippen LogP contribution is 2.23. The maximum Gasteiger partial charge on any atom is 0.246 e. The zero-order chi connectivity index (χ0) is 15.1. The van der Waals surface area contributed by atoms with Crippen molar-refractivity contribution in [2.75, 3.05) is 13.1 Å². The van der Waals surface area contributed by atoms with Gasteiger partial charge in [-0.15, -0.1) is 0 Å². The van der Waals surface area contributed by atoms with Gasteiger partial charge in [0, 0.05) is 36.0 Å². The normalized spacial score (nSPS) is 11.2. The largest absolute Gasteiger partial charge is 0.508 e. The summed E-state index contributed by atoms with van der Waals surface area (Å²) in [5, 5.41) is 21.6. The van der Waals surface area contributed by atoms with Crippen LogP contribution in [0.15, 0.2) is 35.3 Å². The zero-order valence-corrected chi connectivity index (χ0v) is 11.8. The van der Waals surface area contributed by atoms with Crippen molar-refractivity contribution in [3.8, 4) is 11.5 Å². The van der Waals surface area contributed by atoms with Crippen molar-refractivity contribution in [2.45, 2.75) is 20.3 Å². The van der Waals surface area contributed by atoms with E-state index in [2.05, 4.69) is 16.9 Å². The highest BCUT2D eigenvalue weighted by atomic mass is 16.3. The molecule has 1 rings (SSSR count). The molecule has 1 amide bonds. The molecule has 5 heteroatoms. The minimum atomic E-state index is -0.151. The number of nitrogens with zero attached hydrogens (tertiary/aromatic N) is 1. The number of carbonyl (C=O) groups is 1. The Hall–Kier alpha value is -2.30. The molecule has 20 heavy (non-hydrogen) atoms. The number of benzene rings is 1. The SMILES string of the molecule is C=C(C)C(=O)NCCCN=C(C)c1ccc(O)cc1O. The number of hydrogen-bond acceptors (Lipinski definition) is 4. The highest BCUT2D eigenvalue weighted by molar-refractivity contribution is 6.01. The molecule has 3 N–H and O–H groups in total. The van der Waals surface area contributed by atoms with Gasteiger partial charge in [0.1, 0.15) is 11.5 Å². The fourth-order valence-corrected chi connectivity index (χ4v) is 1.59. The number of rotatable bonds is 6. The Bertz CT molecular complexity index is 536. The third kappa shape index (κ3) is 4.76. The maximum absolute atomic E-state index is 11.2. The summed E-state index contributed by atoms with van der Waals surface area (Å²) < 4.78 is 0. The first-order chi connectivity index (χ1) is 9.41. The first kappa shape index (κ1) is 15.8. The number of carbonyl (C=O) groups excluding carboxylic acids is 1. The highest BCUT2D eigenvalue weighted by Gasteiger charge is 2.05. The molecular formula is C15H20N2O3. The van der Waals surface area contributed by atoms with E-state index in [0.717, 1.165) is 0 Å². The van der Waals surface area contributed by atoms with Gasteiger partial charge in [-0.05, 0) is 32.4 Å². The number of phenolic OH excluding ortho intramolecular Hbond substituents is 2. The lowest BCUT2D eigenvalue weighted by atomic mass is 10.1. The van der Waals surface area contributed by atoms with E-state index in [9.17, 15) is 15.0 Å². The number of amides is 1. The lowest BCUT2D eigenvalue weighted by Crippen LogP contribution is -2.25. The molecule has 0 aromatic heterocycles. The summed E-state index contributed by atoms with van der Waals surface area (Å²) in [7, 11) is 0. The number of nitrogens with one attached hydrogen (secondary N) is 1. The summed E-state index contributed by atoms with van der Waals surface area (Å²) in [4.78, 5) is 15.6. The molecule has 0 spiro atoms. The van der Waals surface area contributed by atoms with E-state index < -0.39 is 0 Å². The second-order valence-electron chi connectivity index (χ2n) is 4.56. The van der Waals surface area contributed by atoms with Gasteiger partial charge in [-0.1, -0.05) is 6.58 Å². The molecular weight excluding hydrogens is 256 g/mol. The fourth-order valence-electron chi connectivity index (χ4n) is 1.59. The van der Waals surface area contributed by atoms with Gasteiger partial charge in [0.15, 0.2) is 0 Å². The fraction of sp³-hybridized carbons (Fsp3) is 0.333. The standard InChI is InChI=1S/C15H20N2O3/c1-10(2)15(20)17-8-4-7-16-11(3)13-6-5-12(18)9-14(13)19/h5-6,9,18-19H,1,4,7-8H2,2-3H3,(H,17,20). The van der Waals surface area contributed by atoms with Crippen molar-refractivity contribution in [2.24, 2.45) is 4.99 Å². The molecule has 0 aliphatic heterocycles. The van der Waals surface area contributed by atoms with Gasteiger partial charge in [-0.2, -0.15) is 0 Å². The third-order valence-electron chi connectivity index (χ3n) is 2.73. The Morgan fingerprint density at radius 1 is 1.35 bits per heavy atom. The van der Waals surface area contributed by atoms with Crippen LogP contribution in [0.25, 0.3) is 0 Å². The molecule has 5 nitrogen and oxygen atoms in total. The molecule has 0 saturated heterocycles. The average Bonchev–Trinajstić information content (AvgIpc) is 2.37. The average molecular weight is 276 g/mol. The quantitative estimate of drug-likeness (QED) is 0.422. The number of hydrogen-bond donors (Lipinski definition) is 3. The third-order valence-corrected chi connectivity index (χ3v) is 2.73. The van der Waals surface area contributed by atoms with E-state index in [1.165, 1.54) is 12.1 Å². The van der Waals surface area contributed by atoms with Crippen LogP contribution in [0.3, 0.4) is 0 Å². The monoisotopic (exact) mass is 276 g/mol. The van der Waals surface area contributed by atoms with Crippen molar-refractivity contribution < 1.29 is 15.0 Å². The van der Waals surface area contributed by atoms with Crippen LogP contribution in [0, 0.1) is 0 Å². The van der Waals surface area contributed by atoms with Crippen LogP contribution in [0.4, 0.5) is 0 Å². The number of aromatic hydroxyl groups is 2. The Morgan fingerprint density at radius 2 is 2.05 bits per heavy atom. The summed E-state index contributed by atoms with van der Waals surface area (Å²) >= 11 is 0. The molecule has 0 bridgehead atoms. The van der Waals surface area contributed by atoms with E-state index in [1.807, 2.05) is 0 Å². The maximum atomic E-state index is 11.2. The minimum Gasteiger partial charge on any atom is -0.508 e. The lowest BCUT2D eigenvalue weighted by molar-refractivity contribution is -0.117. The molecule has 1 aromatic carbocycles. The number of aliphatic imine (C=N–C) groups is 1. The van der Waals surface area contributed by atoms with Crippen LogP contribution in [0.5, 0.6) is 11.5 Å². The Morgan fingerprint density at radius 3 is 2.65 bits per heavy atom. The van der Waals surface area contributed by atoms with Gasteiger partial charge in [0.05, 0.1) is 0 Å². The molecule has 0 aliphatic rings. The summed E-state index contributed by atoms with van der Waals surface area (Å²) in [6.07, 6.45) is 0.704. The lowest BCUT2D eigenvalue weighted by Gasteiger charge is -2.06. The molecule has 0 fully saturated rings. The Labute approximate surface area is 118 Å². The van der Waals surface area contributed by atoms with Crippen LogP contribution in [0.2, 0.25) is 0 Å². The minimum absolute atomic E-state index is 0.00170. The van der Waals surface area contributed by atoms with E-state index in [1.54, 1.807) is 19.9 Å². The summed E-state index contributed by atoms with van der Waals surface area (Å²) in [6, 6.07) is 4.40. The van der Waals surface area contributed by atoms with Crippen LogP contribution in [-0.2, 0) is 4.79 Å². The molecule has 0 atom stereocenters. The second kappa shape index (κ2) is 7.33. The smallest absolute Gasteiger partial charge is 0.246 e. The van der Waals surface area contributed by atoms with Crippen LogP contribution < -0.4 is 5.32 Å². The van der Waals surface area contributed by atoms with Gasteiger partial charge in [-0.25, -0.2) is 0 Å². The molecule has 0 heterocycles. The molecule has 0 saturated carbocycles. The first-order valence-electron chi connectivity index (χ1n) is 6.39. The van der Waals surface area contributed by atoms with E-state index in [0.29, 0.717) is 36.4 Å². The van der Waals surface area contributed by atoms with Crippen molar-refractivity contribution >= 4 is 11.6 Å². The van der Waals surface area contributed by atoms with Crippen molar-refractivity contribution in [1.82, 2.24) is 5.32 Å². The van der Waals surface area contributed by atoms with Crippen molar-refractivity contribution in [3.63, 3.8) is 0 Å².